The molecule has 2 aromatic rings. The van der Waals surface area contributed by atoms with Crippen molar-refractivity contribution in [3.8, 4) is 0 Å². The molecule has 1 aliphatic rings. The first-order valence-electron chi connectivity index (χ1n) is 6.48. The lowest BCUT2D eigenvalue weighted by Gasteiger charge is -2.28. The lowest BCUT2D eigenvalue weighted by atomic mass is 9.99. The standard InChI is InChI=1S/C14H15Cl2FN2/c1-14(4-2-3-5-14)19-12-6-9(16)10(17)7-11(12)18-13(19)8-15/h6-7H,2-5,8H2,1H3. The van der Waals surface area contributed by atoms with E-state index in [9.17, 15) is 4.39 Å². The van der Waals surface area contributed by atoms with E-state index in [-0.39, 0.29) is 10.6 Å². The summed E-state index contributed by atoms with van der Waals surface area (Å²) >= 11 is 11.9. The monoisotopic (exact) mass is 300 g/mol. The van der Waals surface area contributed by atoms with E-state index in [1.807, 2.05) is 0 Å². The van der Waals surface area contributed by atoms with E-state index in [0.717, 1.165) is 24.2 Å². The number of imidazole rings is 1. The summed E-state index contributed by atoms with van der Waals surface area (Å²) in [7, 11) is 0. The van der Waals surface area contributed by atoms with Gasteiger partial charge in [-0.2, -0.15) is 0 Å². The molecule has 2 nitrogen and oxygen atoms in total. The number of alkyl halides is 1. The van der Waals surface area contributed by atoms with Gasteiger partial charge in [0.25, 0.3) is 0 Å². The van der Waals surface area contributed by atoms with Crippen molar-refractivity contribution in [1.29, 1.82) is 0 Å². The molecule has 0 unspecified atom stereocenters. The Kier molecular flexibility index (Phi) is 3.22. The maximum atomic E-state index is 13.6. The largest absolute Gasteiger partial charge is 0.321 e. The van der Waals surface area contributed by atoms with Crippen LogP contribution >= 0.6 is 23.2 Å². The van der Waals surface area contributed by atoms with E-state index in [1.165, 1.54) is 18.9 Å². The summed E-state index contributed by atoms with van der Waals surface area (Å²) < 4.78 is 15.7. The summed E-state index contributed by atoms with van der Waals surface area (Å²) in [5.41, 5.74) is 1.53. The first-order valence-corrected chi connectivity index (χ1v) is 7.39. The first-order chi connectivity index (χ1) is 9.05. The third-order valence-electron chi connectivity index (χ3n) is 4.11. The molecule has 0 aliphatic heterocycles. The van der Waals surface area contributed by atoms with Crippen LogP contribution in [-0.4, -0.2) is 9.55 Å². The Bertz CT molecular complexity index is 630. The van der Waals surface area contributed by atoms with Gasteiger partial charge in [0.15, 0.2) is 0 Å². The molecule has 0 radical (unpaired) electrons. The molecule has 0 bridgehead atoms. The van der Waals surface area contributed by atoms with Crippen LogP contribution in [0.3, 0.4) is 0 Å². The fraction of sp³-hybridized carbons (Fsp3) is 0.500. The molecule has 1 heterocycles. The van der Waals surface area contributed by atoms with Crippen molar-refractivity contribution in [3.05, 3.63) is 28.8 Å². The van der Waals surface area contributed by atoms with Crippen LogP contribution in [0.2, 0.25) is 5.02 Å². The number of rotatable bonds is 2. The summed E-state index contributed by atoms with van der Waals surface area (Å²) in [6.07, 6.45) is 4.59. The Morgan fingerprint density at radius 3 is 2.68 bits per heavy atom. The molecule has 1 aliphatic carbocycles. The molecule has 0 amide bonds. The fourth-order valence-corrected chi connectivity index (χ4v) is 3.51. The van der Waals surface area contributed by atoms with Gasteiger partial charge in [-0.15, -0.1) is 11.6 Å². The third kappa shape index (κ3) is 2.03. The summed E-state index contributed by atoms with van der Waals surface area (Å²) in [6, 6.07) is 3.06. The van der Waals surface area contributed by atoms with Crippen LogP contribution in [-0.2, 0) is 11.4 Å². The van der Waals surface area contributed by atoms with Crippen LogP contribution in [0.4, 0.5) is 4.39 Å². The van der Waals surface area contributed by atoms with E-state index in [4.69, 9.17) is 23.2 Å². The van der Waals surface area contributed by atoms with Gasteiger partial charge >= 0.3 is 0 Å². The Morgan fingerprint density at radius 2 is 2.05 bits per heavy atom. The second-order valence-corrected chi connectivity index (χ2v) is 6.13. The van der Waals surface area contributed by atoms with Gasteiger partial charge in [0.1, 0.15) is 11.6 Å². The van der Waals surface area contributed by atoms with Crippen molar-refractivity contribution < 1.29 is 4.39 Å². The lowest BCUT2D eigenvalue weighted by molar-refractivity contribution is 0.331. The fourth-order valence-electron chi connectivity index (χ4n) is 3.17. The molecule has 1 saturated carbocycles. The van der Waals surface area contributed by atoms with E-state index in [1.54, 1.807) is 6.07 Å². The van der Waals surface area contributed by atoms with Gasteiger partial charge in [-0.05, 0) is 25.8 Å². The number of nitrogens with zero attached hydrogens (tertiary/aromatic N) is 2. The van der Waals surface area contributed by atoms with Crippen LogP contribution in [0.15, 0.2) is 12.1 Å². The number of aromatic nitrogens is 2. The number of hydrogen-bond acceptors (Lipinski definition) is 1. The molecule has 0 spiro atoms. The zero-order valence-corrected chi connectivity index (χ0v) is 12.2. The van der Waals surface area contributed by atoms with Crippen molar-refractivity contribution in [1.82, 2.24) is 9.55 Å². The highest BCUT2D eigenvalue weighted by atomic mass is 35.5. The minimum atomic E-state index is -0.434. The maximum Gasteiger partial charge on any atom is 0.144 e. The van der Waals surface area contributed by atoms with Crippen molar-refractivity contribution in [2.75, 3.05) is 0 Å². The van der Waals surface area contributed by atoms with E-state index < -0.39 is 5.82 Å². The van der Waals surface area contributed by atoms with E-state index in [2.05, 4.69) is 16.5 Å². The zero-order chi connectivity index (χ0) is 13.6. The predicted molar refractivity (Wildman–Crippen MR) is 76.4 cm³/mol. The quantitative estimate of drug-likeness (QED) is 0.725. The predicted octanol–water partition coefficient (Wildman–Crippen LogP) is 4.86. The van der Waals surface area contributed by atoms with Crippen LogP contribution in [0.5, 0.6) is 0 Å². The molecule has 19 heavy (non-hydrogen) atoms. The SMILES string of the molecule is CC1(n2c(CCl)nc3cc(F)c(Cl)cc32)CCCC1. The van der Waals surface area contributed by atoms with Gasteiger partial charge in [-0.3, -0.25) is 0 Å². The van der Waals surface area contributed by atoms with Crippen molar-refractivity contribution in [2.24, 2.45) is 0 Å². The topological polar surface area (TPSA) is 17.8 Å². The molecule has 3 rings (SSSR count). The highest BCUT2D eigenvalue weighted by Crippen LogP contribution is 2.40. The van der Waals surface area contributed by atoms with Crippen LogP contribution in [0.25, 0.3) is 11.0 Å². The Balaban J connectivity index is 2.29. The van der Waals surface area contributed by atoms with Gasteiger partial charge in [-0.25, -0.2) is 9.37 Å². The van der Waals surface area contributed by atoms with Crippen molar-refractivity contribution in [2.45, 2.75) is 44.0 Å². The van der Waals surface area contributed by atoms with Crippen molar-refractivity contribution in [3.63, 3.8) is 0 Å². The number of hydrogen-bond donors (Lipinski definition) is 0. The smallest absolute Gasteiger partial charge is 0.144 e. The van der Waals surface area contributed by atoms with Crippen molar-refractivity contribution >= 4 is 34.2 Å². The number of halogens is 3. The first kappa shape index (κ1) is 13.2. The average molecular weight is 301 g/mol. The highest BCUT2D eigenvalue weighted by Gasteiger charge is 2.33. The lowest BCUT2D eigenvalue weighted by Crippen LogP contribution is -2.27. The normalized spacial score (nSPS) is 18.3. The highest BCUT2D eigenvalue weighted by molar-refractivity contribution is 6.31. The van der Waals surface area contributed by atoms with E-state index in [0.29, 0.717) is 11.4 Å². The maximum absolute atomic E-state index is 13.6. The van der Waals surface area contributed by atoms with Gasteiger partial charge in [-0.1, -0.05) is 24.4 Å². The Labute approximate surface area is 121 Å². The summed E-state index contributed by atoms with van der Waals surface area (Å²) in [4.78, 5) is 4.46. The van der Waals surface area contributed by atoms with Gasteiger partial charge in [0.05, 0.1) is 21.9 Å². The summed E-state index contributed by atoms with van der Waals surface area (Å²) in [5, 5.41) is 0.136. The van der Waals surface area contributed by atoms with E-state index >= 15 is 0 Å². The third-order valence-corrected chi connectivity index (χ3v) is 4.63. The second kappa shape index (κ2) is 4.64. The van der Waals surface area contributed by atoms with Crippen LogP contribution in [0, 0.1) is 5.82 Å². The van der Waals surface area contributed by atoms with Gasteiger partial charge in [0, 0.05) is 11.6 Å². The summed E-state index contributed by atoms with van der Waals surface area (Å²) in [5.74, 6) is 0.683. The van der Waals surface area contributed by atoms with Crippen LogP contribution < -0.4 is 0 Å². The molecule has 102 valence electrons. The zero-order valence-electron chi connectivity index (χ0n) is 10.7. The molecule has 1 fully saturated rings. The molecule has 0 N–H and O–H groups in total. The minimum absolute atomic E-state index is 0.0140. The molecule has 5 heteroatoms. The molecular weight excluding hydrogens is 286 g/mol. The average Bonchev–Trinajstić information content (AvgIpc) is 2.94. The molecular formula is C14H15Cl2FN2. The molecule has 0 atom stereocenters. The second-order valence-electron chi connectivity index (χ2n) is 5.46. The number of fused-ring (bicyclic) bond motifs is 1. The molecule has 0 saturated heterocycles. The molecule has 1 aromatic carbocycles. The Morgan fingerprint density at radius 1 is 1.37 bits per heavy atom. The van der Waals surface area contributed by atoms with Gasteiger partial charge < -0.3 is 4.57 Å². The Hall–Kier alpha value is -0.800. The minimum Gasteiger partial charge on any atom is -0.321 e. The molecule has 1 aromatic heterocycles. The van der Waals surface area contributed by atoms with Crippen LogP contribution in [0.1, 0.15) is 38.4 Å². The number of benzene rings is 1. The summed E-state index contributed by atoms with van der Waals surface area (Å²) in [6.45, 7) is 2.22. The van der Waals surface area contributed by atoms with Gasteiger partial charge in [0.2, 0.25) is 0 Å².